The van der Waals surface area contributed by atoms with Crippen LogP contribution in [0.1, 0.15) is 45.4 Å². The van der Waals surface area contributed by atoms with E-state index in [1.165, 1.54) is 12.8 Å². The van der Waals surface area contributed by atoms with Gasteiger partial charge in [-0.05, 0) is 49.2 Å². The van der Waals surface area contributed by atoms with Gasteiger partial charge >= 0.3 is 0 Å². The van der Waals surface area contributed by atoms with Crippen molar-refractivity contribution in [3.63, 3.8) is 0 Å². The van der Waals surface area contributed by atoms with Gasteiger partial charge in [0.05, 0.1) is 0 Å². The lowest BCUT2D eigenvalue weighted by Gasteiger charge is -2.18. The molecule has 2 rings (SSSR count). The van der Waals surface area contributed by atoms with E-state index in [-0.39, 0.29) is 0 Å². The van der Waals surface area contributed by atoms with Gasteiger partial charge in [0.2, 0.25) is 5.89 Å². The molecule has 108 valence electrons. The number of hydrogen-bond donors (Lipinski definition) is 1. The summed E-state index contributed by atoms with van der Waals surface area (Å²) in [4.78, 5) is 6.70. The van der Waals surface area contributed by atoms with Crippen molar-refractivity contribution >= 4 is 5.95 Å². The summed E-state index contributed by atoms with van der Waals surface area (Å²) in [5.74, 6) is 2.84. The lowest BCUT2D eigenvalue weighted by Crippen LogP contribution is -2.19. The smallest absolute Gasteiger partial charge is 0.266 e. The third-order valence-corrected chi connectivity index (χ3v) is 4.06. The van der Waals surface area contributed by atoms with Crippen molar-refractivity contribution in [2.45, 2.75) is 46.0 Å². The van der Waals surface area contributed by atoms with Crippen molar-refractivity contribution in [2.75, 3.05) is 24.5 Å². The van der Waals surface area contributed by atoms with Crippen LogP contribution in [0.3, 0.4) is 0 Å². The van der Waals surface area contributed by atoms with E-state index in [2.05, 4.69) is 28.9 Å². The van der Waals surface area contributed by atoms with Crippen LogP contribution in [-0.4, -0.2) is 29.8 Å². The van der Waals surface area contributed by atoms with Crippen LogP contribution in [0.4, 0.5) is 5.95 Å². The zero-order valence-corrected chi connectivity index (χ0v) is 12.1. The molecule has 2 heterocycles. The SMILES string of the molecule is CC(C)C(CCN)CCc1nc(N2CCCC2)no1. The molecule has 0 spiro atoms. The van der Waals surface area contributed by atoms with E-state index in [9.17, 15) is 0 Å². The number of anilines is 1. The van der Waals surface area contributed by atoms with E-state index in [1.807, 2.05) is 0 Å². The van der Waals surface area contributed by atoms with Gasteiger partial charge in [-0.1, -0.05) is 13.8 Å². The number of aromatic nitrogens is 2. The molecule has 5 heteroatoms. The largest absolute Gasteiger partial charge is 0.338 e. The number of aryl methyl sites for hydroxylation is 1. The van der Waals surface area contributed by atoms with Crippen molar-refractivity contribution in [3.8, 4) is 0 Å². The average Bonchev–Trinajstić information content (AvgIpc) is 3.04. The molecule has 0 amide bonds. The lowest BCUT2D eigenvalue weighted by molar-refractivity contribution is 0.313. The third kappa shape index (κ3) is 3.93. The predicted octanol–water partition coefficient (Wildman–Crippen LogP) is 2.22. The van der Waals surface area contributed by atoms with Gasteiger partial charge in [0.15, 0.2) is 0 Å². The van der Waals surface area contributed by atoms with E-state index in [0.29, 0.717) is 11.8 Å². The molecule has 0 aliphatic carbocycles. The number of hydrogen-bond acceptors (Lipinski definition) is 5. The quantitative estimate of drug-likeness (QED) is 0.819. The first-order chi connectivity index (χ1) is 9.20. The molecule has 0 radical (unpaired) electrons. The Bertz CT molecular complexity index is 371. The summed E-state index contributed by atoms with van der Waals surface area (Å²) in [5, 5.41) is 4.08. The number of rotatable bonds is 7. The van der Waals surface area contributed by atoms with Gasteiger partial charge in [0.1, 0.15) is 0 Å². The maximum Gasteiger partial charge on any atom is 0.266 e. The molecule has 1 unspecified atom stereocenters. The highest BCUT2D eigenvalue weighted by Gasteiger charge is 2.19. The number of nitrogens with two attached hydrogens (primary N) is 1. The van der Waals surface area contributed by atoms with Gasteiger partial charge in [-0.15, -0.1) is 0 Å². The fourth-order valence-electron chi connectivity index (χ4n) is 2.73. The second-order valence-corrected chi connectivity index (χ2v) is 5.80. The Balaban J connectivity index is 1.85. The first-order valence-corrected chi connectivity index (χ1v) is 7.48. The molecule has 1 aromatic heterocycles. The second kappa shape index (κ2) is 6.89. The van der Waals surface area contributed by atoms with Crippen molar-refractivity contribution in [1.82, 2.24) is 10.1 Å². The summed E-state index contributed by atoms with van der Waals surface area (Å²) in [6.07, 6.45) is 5.48. The molecule has 1 saturated heterocycles. The Hall–Kier alpha value is -1.10. The molecular weight excluding hydrogens is 240 g/mol. The first-order valence-electron chi connectivity index (χ1n) is 7.48. The van der Waals surface area contributed by atoms with E-state index in [4.69, 9.17) is 10.3 Å². The monoisotopic (exact) mass is 266 g/mol. The summed E-state index contributed by atoms with van der Waals surface area (Å²) >= 11 is 0. The minimum atomic E-state index is 0.645. The van der Waals surface area contributed by atoms with Crippen molar-refractivity contribution < 1.29 is 4.52 Å². The second-order valence-electron chi connectivity index (χ2n) is 5.80. The van der Waals surface area contributed by atoms with Crippen molar-refractivity contribution in [3.05, 3.63) is 5.89 Å². The van der Waals surface area contributed by atoms with E-state index in [0.717, 1.165) is 50.7 Å². The molecule has 1 fully saturated rings. The molecule has 1 atom stereocenters. The lowest BCUT2D eigenvalue weighted by atomic mass is 9.88. The van der Waals surface area contributed by atoms with Gasteiger partial charge in [0, 0.05) is 19.5 Å². The van der Waals surface area contributed by atoms with Crippen LogP contribution in [-0.2, 0) is 6.42 Å². The maximum absolute atomic E-state index is 5.66. The summed E-state index contributed by atoms with van der Waals surface area (Å²) in [6, 6.07) is 0. The third-order valence-electron chi connectivity index (χ3n) is 4.06. The van der Waals surface area contributed by atoms with Crippen LogP contribution in [0.25, 0.3) is 0 Å². The molecule has 2 N–H and O–H groups in total. The summed E-state index contributed by atoms with van der Waals surface area (Å²) < 4.78 is 5.35. The van der Waals surface area contributed by atoms with Crippen LogP contribution in [0.5, 0.6) is 0 Å². The molecule has 1 aliphatic heterocycles. The van der Waals surface area contributed by atoms with Gasteiger partial charge in [0.25, 0.3) is 5.95 Å². The number of nitrogens with zero attached hydrogens (tertiary/aromatic N) is 3. The van der Waals surface area contributed by atoms with Crippen LogP contribution >= 0.6 is 0 Å². The van der Waals surface area contributed by atoms with Gasteiger partial charge in [-0.25, -0.2) is 0 Å². The van der Waals surface area contributed by atoms with Gasteiger partial charge in [-0.2, -0.15) is 4.98 Å². The minimum Gasteiger partial charge on any atom is -0.338 e. The van der Waals surface area contributed by atoms with Crippen molar-refractivity contribution in [2.24, 2.45) is 17.6 Å². The van der Waals surface area contributed by atoms with Gasteiger partial charge in [-0.3, -0.25) is 0 Å². The van der Waals surface area contributed by atoms with Crippen molar-refractivity contribution in [1.29, 1.82) is 0 Å². The highest BCUT2D eigenvalue weighted by atomic mass is 16.5. The molecular formula is C14H26N4O. The van der Waals surface area contributed by atoms with Crippen LogP contribution in [0.15, 0.2) is 4.52 Å². The fraction of sp³-hybridized carbons (Fsp3) is 0.857. The topological polar surface area (TPSA) is 68.2 Å². The van der Waals surface area contributed by atoms with Crippen LogP contribution < -0.4 is 10.6 Å². The molecule has 5 nitrogen and oxygen atoms in total. The summed E-state index contributed by atoms with van der Waals surface area (Å²) in [6.45, 7) is 7.38. The molecule has 0 aromatic carbocycles. The predicted molar refractivity (Wildman–Crippen MR) is 76.1 cm³/mol. The summed E-state index contributed by atoms with van der Waals surface area (Å²) in [5.41, 5.74) is 5.66. The minimum absolute atomic E-state index is 0.645. The first kappa shape index (κ1) is 14.3. The fourth-order valence-corrected chi connectivity index (χ4v) is 2.73. The zero-order valence-electron chi connectivity index (χ0n) is 12.1. The molecule has 1 aromatic rings. The van der Waals surface area contributed by atoms with E-state index < -0.39 is 0 Å². The Morgan fingerprint density at radius 1 is 1.26 bits per heavy atom. The molecule has 0 bridgehead atoms. The average molecular weight is 266 g/mol. The summed E-state index contributed by atoms with van der Waals surface area (Å²) in [7, 11) is 0. The Morgan fingerprint density at radius 2 is 2.00 bits per heavy atom. The highest BCUT2D eigenvalue weighted by molar-refractivity contribution is 5.28. The molecule has 0 saturated carbocycles. The van der Waals surface area contributed by atoms with Gasteiger partial charge < -0.3 is 15.2 Å². The van der Waals surface area contributed by atoms with E-state index in [1.54, 1.807) is 0 Å². The maximum atomic E-state index is 5.66. The molecule has 19 heavy (non-hydrogen) atoms. The van der Waals surface area contributed by atoms with Crippen LogP contribution in [0.2, 0.25) is 0 Å². The Labute approximate surface area is 115 Å². The Morgan fingerprint density at radius 3 is 2.63 bits per heavy atom. The standard InChI is InChI=1S/C14H26N4O/c1-11(2)12(7-8-15)5-6-13-16-14(17-19-13)18-9-3-4-10-18/h11-12H,3-10,15H2,1-2H3. The zero-order chi connectivity index (χ0) is 13.7. The normalized spacial score (nSPS) is 17.4. The Kier molecular flexibility index (Phi) is 5.19. The van der Waals surface area contributed by atoms with Crippen LogP contribution in [0, 0.1) is 11.8 Å². The van der Waals surface area contributed by atoms with E-state index >= 15 is 0 Å². The molecule has 1 aliphatic rings. The highest BCUT2D eigenvalue weighted by Crippen LogP contribution is 2.22.